The smallest absolute Gasteiger partial charge is 0.230 e. The van der Waals surface area contributed by atoms with Crippen molar-refractivity contribution in [3.05, 3.63) is 70.5 Å². The van der Waals surface area contributed by atoms with Gasteiger partial charge in [-0.3, -0.25) is 4.79 Å². The summed E-state index contributed by atoms with van der Waals surface area (Å²) in [7, 11) is 0. The Morgan fingerprint density at radius 3 is 2.60 bits per heavy atom. The molecule has 0 radical (unpaired) electrons. The van der Waals surface area contributed by atoms with E-state index in [1.807, 2.05) is 38.1 Å². The fraction of sp³-hybridized carbons (Fsp3) is 0.318. The number of hydrogen-bond donors (Lipinski definition) is 2. The molecular formula is C22H27N5O2S. The molecule has 3 N–H and O–H groups in total. The number of benzene rings is 2. The maximum Gasteiger partial charge on any atom is 0.230 e. The molecule has 0 aliphatic rings. The fourth-order valence-corrected chi connectivity index (χ4v) is 3.78. The molecule has 3 aromatic rings. The van der Waals surface area contributed by atoms with Crippen molar-refractivity contribution < 1.29 is 9.53 Å². The van der Waals surface area contributed by atoms with E-state index >= 15 is 0 Å². The van der Waals surface area contributed by atoms with Crippen LogP contribution in [0.25, 0.3) is 0 Å². The predicted molar refractivity (Wildman–Crippen MR) is 119 cm³/mol. The van der Waals surface area contributed by atoms with Crippen LogP contribution in [0.1, 0.15) is 28.1 Å². The number of thioether (sulfide) groups is 1. The predicted octanol–water partition coefficient (Wildman–Crippen LogP) is 2.95. The Kier molecular flexibility index (Phi) is 7.35. The normalized spacial score (nSPS) is 10.8. The number of hydrogen-bond acceptors (Lipinski definition) is 6. The van der Waals surface area contributed by atoms with Gasteiger partial charge in [0.2, 0.25) is 11.1 Å². The molecule has 1 aromatic heterocycles. The van der Waals surface area contributed by atoms with Crippen LogP contribution in [0.2, 0.25) is 0 Å². The molecule has 8 heteroatoms. The lowest BCUT2D eigenvalue weighted by Crippen LogP contribution is -2.27. The van der Waals surface area contributed by atoms with E-state index in [0.29, 0.717) is 17.5 Å². The van der Waals surface area contributed by atoms with Crippen molar-refractivity contribution in [2.45, 2.75) is 39.0 Å². The standard InChI is InChI=1S/C22H27N5O2S/c1-15-10-16(2)12-19(11-15)29-13-20-25-26-22(27(20)23)30-14-21(28)24-9-8-18-7-5-4-6-17(18)3/h4-7,10-12H,8-9,13-14,23H2,1-3H3,(H,24,28). The average Bonchev–Trinajstić information content (AvgIpc) is 3.05. The van der Waals surface area contributed by atoms with Gasteiger partial charge in [-0.15, -0.1) is 10.2 Å². The number of nitrogens with two attached hydrogens (primary N) is 1. The molecule has 0 atom stereocenters. The minimum atomic E-state index is -0.0652. The third-order valence-electron chi connectivity index (χ3n) is 4.61. The van der Waals surface area contributed by atoms with Crippen molar-refractivity contribution in [1.82, 2.24) is 20.2 Å². The van der Waals surface area contributed by atoms with Gasteiger partial charge in [0, 0.05) is 6.54 Å². The highest BCUT2D eigenvalue weighted by Crippen LogP contribution is 2.19. The summed E-state index contributed by atoms with van der Waals surface area (Å²) >= 11 is 1.25. The molecule has 0 saturated carbocycles. The molecule has 0 unspecified atom stereocenters. The van der Waals surface area contributed by atoms with Crippen molar-refractivity contribution in [3.63, 3.8) is 0 Å². The Labute approximate surface area is 181 Å². The summed E-state index contributed by atoms with van der Waals surface area (Å²) in [6.45, 7) is 6.91. The lowest BCUT2D eigenvalue weighted by Gasteiger charge is -2.08. The lowest BCUT2D eigenvalue weighted by atomic mass is 10.1. The molecular weight excluding hydrogens is 398 g/mol. The molecule has 1 amide bonds. The zero-order chi connectivity index (χ0) is 21.5. The monoisotopic (exact) mass is 425 g/mol. The van der Waals surface area contributed by atoms with Crippen molar-refractivity contribution in [2.75, 3.05) is 18.1 Å². The number of aromatic nitrogens is 3. The highest BCUT2D eigenvalue weighted by molar-refractivity contribution is 7.99. The highest BCUT2D eigenvalue weighted by Gasteiger charge is 2.13. The lowest BCUT2D eigenvalue weighted by molar-refractivity contribution is -0.118. The van der Waals surface area contributed by atoms with Gasteiger partial charge in [-0.25, -0.2) is 4.68 Å². The molecule has 0 spiro atoms. The van der Waals surface area contributed by atoms with Crippen LogP contribution >= 0.6 is 11.8 Å². The van der Waals surface area contributed by atoms with E-state index in [0.717, 1.165) is 23.3 Å². The van der Waals surface area contributed by atoms with E-state index in [-0.39, 0.29) is 18.3 Å². The molecule has 0 aliphatic carbocycles. The summed E-state index contributed by atoms with van der Waals surface area (Å²) in [6.07, 6.45) is 0.802. The van der Waals surface area contributed by atoms with Crippen molar-refractivity contribution in [3.8, 4) is 5.75 Å². The third-order valence-corrected chi connectivity index (χ3v) is 5.55. The van der Waals surface area contributed by atoms with Crippen molar-refractivity contribution >= 4 is 17.7 Å². The quantitative estimate of drug-likeness (QED) is 0.404. The zero-order valence-electron chi connectivity index (χ0n) is 17.5. The Balaban J connectivity index is 1.45. The SMILES string of the molecule is Cc1cc(C)cc(OCc2nnc(SCC(=O)NCCc3ccccc3C)n2N)c1. The van der Waals surface area contributed by atoms with E-state index in [1.165, 1.54) is 27.6 Å². The minimum Gasteiger partial charge on any atom is -0.486 e. The summed E-state index contributed by atoms with van der Waals surface area (Å²) in [5.74, 6) is 7.48. The van der Waals surface area contributed by atoms with E-state index in [2.05, 4.69) is 40.6 Å². The van der Waals surface area contributed by atoms with Crippen LogP contribution in [0.5, 0.6) is 5.75 Å². The van der Waals surface area contributed by atoms with Crippen LogP contribution in [0.3, 0.4) is 0 Å². The summed E-state index contributed by atoms with van der Waals surface area (Å²) in [6, 6.07) is 14.2. The number of nitrogens with one attached hydrogen (secondary N) is 1. The number of amides is 1. The van der Waals surface area contributed by atoms with Gasteiger partial charge in [0.25, 0.3) is 0 Å². The molecule has 0 fully saturated rings. The van der Waals surface area contributed by atoms with Crippen LogP contribution in [-0.2, 0) is 17.8 Å². The number of nitrogens with zero attached hydrogens (tertiary/aromatic N) is 3. The molecule has 30 heavy (non-hydrogen) atoms. The van der Waals surface area contributed by atoms with Gasteiger partial charge in [0.05, 0.1) is 5.75 Å². The first-order valence-corrected chi connectivity index (χ1v) is 10.8. The second-order valence-corrected chi connectivity index (χ2v) is 8.14. The number of aryl methyl sites for hydroxylation is 3. The van der Waals surface area contributed by atoms with Gasteiger partial charge in [0.15, 0.2) is 5.82 Å². The van der Waals surface area contributed by atoms with Gasteiger partial charge in [-0.1, -0.05) is 42.1 Å². The van der Waals surface area contributed by atoms with E-state index in [4.69, 9.17) is 10.6 Å². The Morgan fingerprint density at radius 2 is 1.87 bits per heavy atom. The second-order valence-electron chi connectivity index (χ2n) is 7.20. The number of nitrogen functional groups attached to an aromatic ring is 1. The first kappa shape index (κ1) is 21.7. The van der Waals surface area contributed by atoms with Crippen molar-refractivity contribution in [2.24, 2.45) is 0 Å². The zero-order valence-corrected chi connectivity index (χ0v) is 18.3. The van der Waals surface area contributed by atoms with Crippen LogP contribution in [0.15, 0.2) is 47.6 Å². The topological polar surface area (TPSA) is 95.1 Å². The van der Waals surface area contributed by atoms with E-state index in [9.17, 15) is 4.79 Å². The third kappa shape index (κ3) is 6.00. The summed E-state index contributed by atoms with van der Waals surface area (Å²) in [4.78, 5) is 12.1. The number of carbonyl (C=O) groups excluding carboxylic acids is 1. The molecule has 3 rings (SSSR count). The molecule has 158 valence electrons. The average molecular weight is 426 g/mol. The van der Waals surface area contributed by atoms with Gasteiger partial charge >= 0.3 is 0 Å². The van der Waals surface area contributed by atoms with E-state index < -0.39 is 0 Å². The highest BCUT2D eigenvalue weighted by atomic mass is 32.2. The summed E-state index contributed by atoms with van der Waals surface area (Å²) in [5.41, 5.74) is 4.72. The molecule has 0 aliphatic heterocycles. The first-order chi connectivity index (χ1) is 14.4. The Morgan fingerprint density at radius 1 is 1.13 bits per heavy atom. The van der Waals surface area contributed by atoms with Gasteiger partial charge in [0.1, 0.15) is 12.4 Å². The fourth-order valence-electron chi connectivity index (χ4n) is 3.08. The maximum absolute atomic E-state index is 12.1. The summed E-state index contributed by atoms with van der Waals surface area (Å²) < 4.78 is 7.16. The molecule has 2 aromatic carbocycles. The molecule has 1 heterocycles. The number of carbonyl (C=O) groups is 1. The molecule has 0 saturated heterocycles. The van der Waals surface area contributed by atoms with Crippen LogP contribution in [-0.4, -0.2) is 33.1 Å². The molecule has 0 bridgehead atoms. The largest absolute Gasteiger partial charge is 0.486 e. The van der Waals surface area contributed by atoms with Gasteiger partial charge in [-0.05, 0) is 61.6 Å². The second kappa shape index (κ2) is 10.2. The van der Waals surface area contributed by atoms with Crippen LogP contribution in [0.4, 0.5) is 0 Å². The summed E-state index contributed by atoms with van der Waals surface area (Å²) in [5, 5.41) is 11.5. The van der Waals surface area contributed by atoms with E-state index in [1.54, 1.807) is 0 Å². The Hall–Kier alpha value is -3.00. The number of ether oxygens (including phenoxy) is 1. The first-order valence-electron chi connectivity index (χ1n) is 9.77. The van der Waals surface area contributed by atoms with Gasteiger partial charge in [-0.2, -0.15) is 0 Å². The van der Waals surface area contributed by atoms with Crippen LogP contribution < -0.4 is 15.9 Å². The Bertz CT molecular complexity index is 998. The van der Waals surface area contributed by atoms with Gasteiger partial charge < -0.3 is 15.9 Å². The number of rotatable bonds is 9. The molecule has 7 nitrogen and oxygen atoms in total. The van der Waals surface area contributed by atoms with Crippen molar-refractivity contribution in [1.29, 1.82) is 0 Å². The van der Waals surface area contributed by atoms with Crippen LogP contribution in [0, 0.1) is 20.8 Å². The maximum atomic E-state index is 12.1. The minimum absolute atomic E-state index is 0.0652.